The van der Waals surface area contributed by atoms with Crippen molar-refractivity contribution in [1.82, 2.24) is 5.48 Å². The predicted molar refractivity (Wildman–Crippen MR) is 66.6 cm³/mol. The number of fused-ring (bicyclic) bond motifs is 1. The van der Waals surface area contributed by atoms with Gasteiger partial charge in [0, 0.05) is 10.0 Å². The highest BCUT2D eigenvalue weighted by Gasteiger charge is 2.33. The monoisotopic (exact) mass is 285 g/mol. The summed E-state index contributed by atoms with van der Waals surface area (Å²) >= 11 is 3.61. The van der Waals surface area contributed by atoms with E-state index in [1.165, 1.54) is 16.7 Å². The molecule has 16 heavy (non-hydrogen) atoms. The summed E-state index contributed by atoms with van der Waals surface area (Å²) in [5.74, 6) is 0.959. The summed E-state index contributed by atoms with van der Waals surface area (Å²) < 4.78 is 6.97. The molecule has 2 rings (SSSR count). The first-order chi connectivity index (χ1) is 7.56. The molecule has 4 heteroatoms. The zero-order chi connectivity index (χ0) is 11.9. The Balaban J connectivity index is 2.52. The van der Waals surface area contributed by atoms with Crippen molar-refractivity contribution >= 4 is 15.9 Å². The highest BCUT2D eigenvalue weighted by atomic mass is 79.9. The van der Waals surface area contributed by atoms with Gasteiger partial charge in [-0.3, -0.25) is 0 Å². The maximum atomic E-state index is 5.83. The molecule has 3 nitrogen and oxygen atoms in total. The summed E-state index contributed by atoms with van der Waals surface area (Å²) in [6.07, 6.45) is 0.0855. The lowest BCUT2D eigenvalue weighted by Crippen LogP contribution is -2.28. The van der Waals surface area contributed by atoms with Crippen LogP contribution in [0.3, 0.4) is 0 Å². The van der Waals surface area contributed by atoms with Crippen molar-refractivity contribution in [1.29, 1.82) is 0 Å². The molecule has 0 saturated heterocycles. The second-order valence-electron chi connectivity index (χ2n) is 4.17. The molecule has 0 amide bonds. The van der Waals surface area contributed by atoms with E-state index in [9.17, 15) is 0 Å². The lowest BCUT2D eigenvalue weighted by Gasteiger charge is -2.16. The van der Waals surface area contributed by atoms with Crippen LogP contribution in [0.1, 0.15) is 29.7 Å². The van der Waals surface area contributed by atoms with Crippen LogP contribution in [-0.4, -0.2) is 13.2 Å². The zero-order valence-electron chi connectivity index (χ0n) is 9.93. The van der Waals surface area contributed by atoms with Crippen LogP contribution in [0, 0.1) is 13.8 Å². The molecule has 88 valence electrons. The van der Waals surface area contributed by atoms with Crippen molar-refractivity contribution in [2.24, 2.45) is 0 Å². The van der Waals surface area contributed by atoms with Crippen molar-refractivity contribution < 1.29 is 9.57 Å². The molecule has 2 unspecified atom stereocenters. The summed E-state index contributed by atoms with van der Waals surface area (Å²) in [5, 5.41) is 0. The van der Waals surface area contributed by atoms with E-state index in [2.05, 4.69) is 41.3 Å². The quantitative estimate of drug-likeness (QED) is 0.848. The third-order valence-corrected chi connectivity index (χ3v) is 4.25. The minimum absolute atomic E-state index is 0.0855. The fourth-order valence-electron chi connectivity index (χ4n) is 2.21. The molecule has 1 heterocycles. The number of rotatable bonds is 2. The molecule has 1 aromatic rings. The van der Waals surface area contributed by atoms with Gasteiger partial charge in [-0.2, -0.15) is 5.48 Å². The Kier molecular flexibility index (Phi) is 3.24. The topological polar surface area (TPSA) is 30.5 Å². The molecule has 1 aliphatic rings. The number of benzene rings is 1. The SMILES string of the molecule is CONC1c2c(cc(C)c(Br)c2C)OC1C. The third-order valence-electron chi connectivity index (χ3n) is 3.03. The number of halogens is 1. The molecule has 0 spiro atoms. The van der Waals surface area contributed by atoms with Crippen LogP contribution in [0.2, 0.25) is 0 Å². The van der Waals surface area contributed by atoms with Crippen molar-refractivity contribution in [3.63, 3.8) is 0 Å². The molecule has 0 aliphatic carbocycles. The fourth-order valence-corrected chi connectivity index (χ4v) is 2.53. The van der Waals surface area contributed by atoms with Crippen LogP contribution < -0.4 is 10.2 Å². The normalized spacial score (nSPS) is 23.1. The first-order valence-electron chi connectivity index (χ1n) is 5.31. The molecule has 1 aromatic carbocycles. The summed E-state index contributed by atoms with van der Waals surface area (Å²) in [4.78, 5) is 5.03. The van der Waals surface area contributed by atoms with Crippen LogP contribution in [0.15, 0.2) is 10.5 Å². The van der Waals surface area contributed by atoms with Crippen LogP contribution in [0.25, 0.3) is 0 Å². The highest BCUT2D eigenvalue weighted by Crippen LogP contribution is 2.42. The van der Waals surface area contributed by atoms with E-state index < -0.39 is 0 Å². The van der Waals surface area contributed by atoms with Gasteiger partial charge in [-0.1, -0.05) is 15.9 Å². The van der Waals surface area contributed by atoms with Gasteiger partial charge in [0.1, 0.15) is 11.9 Å². The number of hydrogen-bond donors (Lipinski definition) is 1. The van der Waals surface area contributed by atoms with E-state index in [1.54, 1.807) is 7.11 Å². The minimum atomic E-state index is 0.0855. The van der Waals surface area contributed by atoms with Gasteiger partial charge in [-0.25, -0.2) is 0 Å². The molecule has 0 aromatic heterocycles. The Hall–Kier alpha value is -0.580. The Labute approximate surface area is 104 Å². The lowest BCUT2D eigenvalue weighted by atomic mass is 9.98. The maximum Gasteiger partial charge on any atom is 0.125 e. The van der Waals surface area contributed by atoms with E-state index >= 15 is 0 Å². The Bertz CT molecular complexity index is 420. The first-order valence-corrected chi connectivity index (χ1v) is 6.10. The maximum absolute atomic E-state index is 5.83. The highest BCUT2D eigenvalue weighted by molar-refractivity contribution is 9.10. The summed E-state index contributed by atoms with van der Waals surface area (Å²) in [6.45, 7) is 6.21. The van der Waals surface area contributed by atoms with Crippen LogP contribution in [-0.2, 0) is 4.84 Å². The number of ether oxygens (including phenoxy) is 1. The number of aryl methyl sites for hydroxylation is 1. The van der Waals surface area contributed by atoms with Crippen LogP contribution in [0.4, 0.5) is 0 Å². The van der Waals surface area contributed by atoms with Gasteiger partial charge in [0.25, 0.3) is 0 Å². The zero-order valence-corrected chi connectivity index (χ0v) is 11.5. The van der Waals surface area contributed by atoms with Gasteiger partial charge in [-0.15, -0.1) is 0 Å². The number of nitrogens with one attached hydrogen (secondary N) is 1. The van der Waals surface area contributed by atoms with E-state index in [4.69, 9.17) is 9.57 Å². The molecular formula is C12H16BrNO2. The van der Waals surface area contributed by atoms with Gasteiger partial charge in [-0.05, 0) is 38.0 Å². The number of hydrogen-bond acceptors (Lipinski definition) is 3. The lowest BCUT2D eigenvalue weighted by molar-refractivity contribution is 0.0338. The van der Waals surface area contributed by atoms with Gasteiger partial charge in [0.2, 0.25) is 0 Å². The van der Waals surface area contributed by atoms with E-state index in [1.807, 2.05) is 6.92 Å². The second-order valence-corrected chi connectivity index (χ2v) is 4.96. The third kappa shape index (κ3) is 1.75. The Morgan fingerprint density at radius 3 is 2.75 bits per heavy atom. The van der Waals surface area contributed by atoms with Crippen molar-refractivity contribution in [3.05, 3.63) is 27.2 Å². The summed E-state index contributed by atoms with van der Waals surface area (Å²) in [7, 11) is 1.63. The molecule has 0 fully saturated rings. The van der Waals surface area contributed by atoms with Gasteiger partial charge in [0.05, 0.1) is 13.2 Å². The molecule has 2 atom stereocenters. The molecular weight excluding hydrogens is 270 g/mol. The fraction of sp³-hybridized carbons (Fsp3) is 0.500. The average molecular weight is 286 g/mol. The van der Waals surface area contributed by atoms with Gasteiger partial charge >= 0.3 is 0 Å². The van der Waals surface area contributed by atoms with Crippen molar-refractivity contribution in [2.75, 3.05) is 7.11 Å². The molecule has 0 saturated carbocycles. The number of hydroxylamine groups is 1. The van der Waals surface area contributed by atoms with E-state index in [0.717, 1.165) is 10.2 Å². The second kappa shape index (κ2) is 4.35. The molecule has 1 aliphatic heterocycles. The largest absolute Gasteiger partial charge is 0.488 e. The first kappa shape index (κ1) is 11.9. The van der Waals surface area contributed by atoms with E-state index in [0.29, 0.717) is 0 Å². The summed E-state index contributed by atoms with van der Waals surface area (Å²) in [5.41, 5.74) is 6.59. The summed E-state index contributed by atoms with van der Waals surface area (Å²) in [6, 6.07) is 2.16. The van der Waals surface area contributed by atoms with Crippen LogP contribution in [0.5, 0.6) is 5.75 Å². The predicted octanol–water partition coefficient (Wildman–Crippen LogP) is 3.04. The standard InChI is InChI=1S/C12H16BrNO2/c1-6-5-9-10(7(2)11(6)13)12(14-15-4)8(3)16-9/h5,8,12,14H,1-4H3. The average Bonchev–Trinajstić information content (AvgIpc) is 2.53. The van der Waals surface area contributed by atoms with Gasteiger partial charge in [0.15, 0.2) is 0 Å². The molecule has 0 radical (unpaired) electrons. The molecule has 0 bridgehead atoms. The van der Waals surface area contributed by atoms with Crippen molar-refractivity contribution in [2.45, 2.75) is 32.9 Å². The van der Waals surface area contributed by atoms with Crippen molar-refractivity contribution in [3.8, 4) is 5.75 Å². The Morgan fingerprint density at radius 1 is 1.44 bits per heavy atom. The minimum Gasteiger partial charge on any atom is -0.488 e. The molecule has 1 N–H and O–H groups in total. The van der Waals surface area contributed by atoms with E-state index in [-0.39, 0.29) is 12.1 Å². The van der Waals surface area contributed by atoms with Crippen LogP contribution >= 0.6 is 15.9 Å². The van der Waals surface area contributed by atoms with Gasteiger partial charge < -0.3 is 9.57 Å². The smallest absolute Gasteiger partial charge is 0.125 e. The Morgan fingerprint density at radius 2 is 2.12 bits per heavy atom.